The number of aromatic amines is 1. The van der Waals surface area contributed by atoms with E-state index in [1.807, 2.05) is 0 Å². The third kappa shape index (κ3) is 4.01. The first-order chi connectivity index (χ1) is 6.33. The summed E-state index contributed by atoms with van der Waals surface area (Å²) in [6, 6.07) is 0. The Morgan fingerprint density at radius 2 is 2.23 bits per heavy atom. The zero-order valence-corrected chi connectivity index (χ0v) is 8.45. The molecule has 1 rings (SSSR count). The van der Waals surface area contributed by atoms with E-state index in [0.717, 1.165) is 18.2 Å². The number of aryl methyl sites for hydroxylation is 1. The van der Waals surface area contributed by atoms with E-state index in [0.29, 0.717) is 0 Å². The van der Waals surface area contributed by atoms with Gasteiger partial charge < -0.3 is 0 Å². The van der Waals surface area contributed by atoms with Gasteiger partial charge in [0.05, 0.1) is 0 Å². The highest BCUT2D eigenvalue weighted by atomic mass is 15.5. The topological polar surface area (TPSA) is 54.5 Å². The van der Waals surface area contributed by atoms with Gasteiger partial charge in [-0.2, -0.15) is 5.21 Å². The van der Waals surface area contributed by atoms with Gasteiger partial charge in [0.1, 0.15) is 0 Å². The lowest BCUT2D eigenvalue weighted by molar-refractivity contribution is 0.483. The largest absolute Gasteiger partial charge is 0.177 e. The summed E-state index contributed by atoms with van der Waals surface area (Å²) in [6.45, 7) is 4.54. The van der Waals surface area contributed by atoms with Gasteiger partial charge in [0, 0.05) is 6.42 Å². The molecule has 0 radical (unpaired) electrons. The zero-order valence-electron chi connectivity index (χ0n) is 8.45. The van der Waals surface area contributed by atoms with Gasteiger partial charge >= 0.3 is 0 Å². The molecule has 1 N–H and O–H groups in total. The minimum Gasteiger partial charge on any atom is -0.177 e. The van der Waals surface area contributed by atoms with Crippen molar-refractivity contribution in [3.63, 3.8) is 0 Å². The predicted molar refractivity (Wildman–Crippen MR) is 51.2 cm³/mol. The Bertz CT molecular complexity index is 207. The second-order valence-electron chi connectivity index (χ2n) is 3.59. The molecule has 13 heavy (non-hydrogen) atoms. The van der Waals surface area contributed by atoms with Crippen molar-refractivity contribution >= 4 is 0 Å². The number of rotatable bonds is 6. The average Bonchev–Trinajstić information content (AvgIpc) is 2.64. The van der Waals surface area contributed by atoms with Crippen LogP contribution in [0.15, 0.2) is 0 Å². The Hall–Kier alpha value is -0.930. The lowest BCUT2D eigenvalue weighted by Gasteiger charge is -2.05. The molecule has 0 saturated heterocycles. The minimum absolute atomic E-state index is 0.837. The molecule has 0 aliphatic rings. The van der Waals surface area contributed by atoms with Crippen molar-refractivity contribution in [1.29, 1.82) is 0 Å². The quantitative estimate of drug-likeness (QED) is 0.684. The van der Waals surface area contributed by atoms with Crippen molar-refractivity contribution in [2.75, 3.05) is 0 Å². The van der Waals surface area contributed by atoms with Crippen molar-refractivity contribution in [3.8, 4) is 0 Å². The van der Waals surface area contributed by atoms with Crippen LogP contribution in [0.25, 0.3) is 0 Å². The molecule has 1 aromatic heterocycles. The number of nitrogens with one attached hydrogen (secondary N) is 1. The Morgan fingerprint density at radius 3 is 2.85 bits per heavy atom. The summed E-state index contributed by atoms with van der Waals surface area (Å²) in [6.07, 6.45) is 5.98. The zero-order chi connectivity index (χ0) is 9.52. The summed E-state index contributed by atoms with van der Waals surface area (Å²) < 4.78 is 0. The summed E-state index contributed by atoms with van der Waals surface area (Å²) in [5, 5.41) is 13.8. The first-order valence-corrected chi connectivity index (χ1v) is 5.05. The van der Waals surface area contributed by atoms with Crippen molar-refractivity contribution in [3.05, 3.63) is 5.82 Å². The van der Waals surface area contributed by atoms with E-state index in [2.05, 4.69) is 34.5 Å². The molecule has 0 aliphatic carbocycles. The fourth-order valence-electron chi connectivity index (χ4n) is 1.27. The van der Waals surface area contributed by atoms with Crippen molar-refractivity contribution in [2.24, 2.45) is 5.92 Å². The van der Waals surface area contributed by atoms with Crippen molar-refractivity contribution < 1.29 is 0 Å². The Labute approximate surface area is 79.1 Å². The highest BCUT2D eigenvalue weighted by Gasteiger charge is 2.00. The predicted octanol–water partition coefficient (Wildman–Crippen LogP) is 1.96. The number of H-pyrrole nitrogens is 1. The van der Waals surface area contributed by atoms with Crippen LogP contribution in [-0.2, 0) is 6.42 Å². The molecule has 0 spiro atoms. The minimum atomic E-state index is 0.837. The summed E-state index contributed by atoms with van der Waals surface area (Å²) >= 11 is 0. The van der Waals surface area contributed by atoms with Gasteiger partial charge in [-0.05, 0) is 12.3 Å². The monoisotopic (exact) mass is 182 g/mol. The third-order valence-corrected chi connectivity index (χ3v) is 2.43. The van der Waals surface area contributed by atoms with Gasteiger partial charge in [-0.25, -0.2) is 0 Å². The van der Waals surface area contributed by atoms with Gasteiger partial charge in [0.2, 0.25) is 0 Å². The third-order valence-electron chi connectivity index (χ3n) is 2.43. The Balaban J connectivity index is 2.02. The SMILES string of the molecule is CCC(C)CCCCc1nn[nH]n1. The molecule has 0 fully saturated rings. The highest BCUT2D eigenvalue weighted by Crippen LogP contribution is 2.11. The second kappa shape index (κ2) is 5.67. The molecule has 1 aromatic rings. The van der Waals surface area contributed by atoms with Gasteiger partial charge in [-0.1, -0.05) is 38.3 Å². The van der Waals surface area contributed by atoms with Crippen LogP contribution in [0.4, 0.5) is 0 Å². The van der Waals surface area contributed by atoms with E-state index in [9.17, 15) is 0 Å². The fraction of sp³-hybridized carbons (Fsp3) is 0.889. The number of nitrogens with zero attached hydrogens (tertiary/aromatic N) is 3. The molecule has 0 aromatic carbocycles. The molecular formula is C9H18N4. The van der Waals surface area contributed by atoms with Crippen LogP contribution >= 0.6 is 0 Å². The molecule has 0 aliphatic heterocycles. The van der Waals surface area contributed by atoms with Gasteiger partial charge in [-0.3, -0.25) is 0 Å². The summed E-state index contributed by atoms with van der Waals surface area (Å²) in [5.74, 6) is 1.69. The molecule has 4 nitrogen and oxygen atoms in total. The molecule has 4 heteroatoms. The maximum atomic E-state index is 3.91. The van der Waals surface area contributed by atoms with Gasteiger partial charge in [0.15, 0.2) is 5.82 Å². The molecular weight excluding hydrogens is 164 g/mol. The van der Waals surface area contributed by atoms with Gasteiger partial charge in [-0.15, -0.1) is 10.2 Å². The van der Waals surface area contributed by atoms with E-state index < -0.39 is 0 Å². The number of unbranched alkanes of at least 4 members (excludes halogenated alkanes) is 1. The first-order valence-electron chi connectivity index (χ1n) is 5.05. The lowest BCUT2D eigenvalue weighted by Crippen LogP contribution is -1.94. The standard InChI is InChI=1S/C9H18N4/c1-3-8(2)6-4-5-7-9-10-12-13-11-9/h8H,3-7H2,1-2H3,(H,10,11,12,13). The van der Waals surface area contributed by atoms with Crippen LogP contribution in [0.3, 0.4) is 0 Å². The summed E-state index contributed by atoms with van der Waals surface area (Å²) in [5.41, 5.74) is 0. The molecule has 0 saturated carbocycles. The normalized spacial score (nSPS) is 13.1. The van der Waals surface area contributed by atoms with E-state index >= 15 is 0 Å². The van der Waals surface area contributed by atoms with E-state index in [4.69, 9.17) is 0 Å². The van der Waals surface area contributed by atoms with E-state index in [-0.39, 0.29) is 0 Å². The molecule has 0 amide bonds. The number of hydrogen-bond donors (Lipinski definition) is 1. The Morgan fingerprint density at radius 1 is 1.38 bits per heavy atom. The van der Waals surface area contributed by atoms with Crippen LogP contribution in [0.1, 0.15) is 45.4 Å². The van der Waals surface area contributed by atoms with E-state index in [1.165, 1.54) is 25.7 Å². The molecule has 74 valence electrons. The average molecular weight is 182 g/mol. The highest BCUT2D eigenvalue weighted by molar-refractivity contribution is 4.75. The second-order valence-corrected chi connectivity index (χ2v) is 3.59. The van der Waals surface area contributed by atoms with Crippen LogP contribution in [0.2, 0.25) is 0 Å². The number of hydrogen-bond acceptors (Lipinski definition) is 3. The van der Waals surface area contributed by atoms with Crippen molar-refractivity contribution in [1.82, 2.24) is 20.6 Å². The maximum absolute atomic E-state index is 3.91. The lowest BCUT2D eigenvalue weighted by atomic mass is 10.0. The molecule has 0 bridgehead atoms. The summed E-state index contributed by atoms with van der Waals surface area (Å²) in [4.78, 5) is 0. The van der Waals surface area contributed by atoms with E-state index in [1.54, 1.807) is 0 Å². The van der Waals surface area contributed by atoms with Crippen LogP contribution < -0.4 is 0 Å². The fourth-order valence-corrected chi connectivity index (χ4v) is 1.27. The Kier molecular flexibility index (Phi) is 4.43. The first kappa shape index (κ1) is 10.2. The molecule has 1 heterocycles. The maximum Gasteiger partial charge on any atom is 0.174 e. The van der Waals surface area contributed by atoms with Crippen molar-refractivity contribution in [2.45, 2.75) is 46.0 Å². The van der Waals surface area contributed by atoms with Crippen LogP contribution in [0.5, 0.6) is 0 Å². The molecule has 1 unspecified atom stereocenters. The number of aromatic nitrogens is 4. The van der Waals surface area contributed by atoms with Crippen LogP contribution in [0, 0.1) is 5.92 Å². The summed E-state index contributed by atoms with van der Waals surface area (Å²) in [7, 11) is 0. The smallest absolute Gasteiger partial charge is 0.174 e. The number of tetrazole rings is 1. The van der Waals surface area contributed by atoms with Crippen LogP contribution in [-0.4, -0.2) is 20.6 Å². The molecule has 1 atom stereocenters. The van der Waals surface area contributed by atoms with Gasteiger partial charge in [0.25, 0.3) is 0 Å².